The maximum Gasteiger partial charge on any atom is 0.454 e. The van der Waals surface area contributed by atoms with Crippen molar-refractivity contribution >= 4 is 7.12 Å². The first-order valence-electron chi connectivity index (χ1n) is 7.66. The Balaban J connectivity index is 3.25. The van der Waals surface area contributed by atoms with Gasteiger partial charge in [0.1, 0.15) is 0 Å². The van der Waals surface area contributed by atoms with Gasteiger partial charge >= 0.3 is 7.12 Å². The Labute approximate surface area is 113 Å². The zero-order valence-corrected chi connectivity index (χ0v) is 12.1. The predicted octanol–water partition coefficient (Wildman–Crippen LogP) is 3.13. The minimum atomic E-state index is -1.15. The summed E-state index contributed by atoms with van der Waals surface area (Å²) in [6.45, 7) is 4.02. The summed E-state index contributed by atoms with van der Waals surface area (Å²) in [4.78, 5) is 0. The zero-order chi connectivity index (χ0) is 13.8. The van der Waals surface area contributed by atoms with Crippen LogP contribution in [0.5, 0.6) is 0 Å². The molecule has 108 valence electrons. The number of aliphatic hydroxyl groups is 1. The lowest BCUT2D eigenvalue weighted by Gasteiger charge is -2.12. The van der Waals surface area contributed by atoms with Crippen molar-refractivity contribution in [2.75, 3.05) is 0 Å². The van der Waals surface area contributed by atoms with E-state index in [0.717, 1.165) is 38.5 Å². The molecule has 2 atom stereocenters. The quantitative estimate of drug-likeness (QED) is 0.372. The Hall–Kier alpha value is -0.0551. The van der Waals surface area contributed by atoms with Gasteiger partial charge in [-0.15, -0.1) is 0 Å². The lowest BCUT2D eigenvalue weighted by Crippen LogP contribution is -2.19. The van der Waals surface area contributed by atoms with Crippen LogP contribution in [0.3, 0.4) is 0 Å². The predicted molar refractivity (Wildman–Crippen MR) is 77.5 cm³/mol. The largest absolute Gasteiger partial charge is 0.454 e. The Morgan fingerprint density at radius 1 is 0.778 bits per heavy atom. The molecular formula is C14H31BO3. The highest BCUT2D eigenvalue weighted by Gasteiger charge is 2.20. The molecule has 0 aliphatic heterocycles. The van der Waals surface area contributed by atoms with Crippen molar-refractivity contribution in [1.82, 2.24) is 0 Å². The van der Waals surface area contributed by atoms with Gasteiger partial charge in [0, 0.05) is 0 Å². The van der Waals surface area contributed by atoms with Gasteiger partial charge in [-0.05, 0) is 18.7 Å². The van der Waals surface area contributed by atoms with E-state index in [1.54, 1.807) is 0 Å². The highest BCUT2D eigenvalue weighted by atomic mass is 16.4. The lowest BCUT2D eigenvalue weighted by molar-refractivity contribution is 0.156. The zero-order valence-electron chi connectivity index (χ0n) is 12.1. The smallest absolute Gasteiger partial charge is 0.427 e. The minimum Gasteiger partial charge on any atom is -0.427 e. The molecule has 0 aromatic heterocycles. The molecule has 2 unspecified atom stereocenters. The molecule has 0 aliphatic carbocycles. The molecule has 0 fully saturated rings. The van der Waals surface area contributed by atoms with Crippen molar-refractivity contribution in [3.05, 3.63) is 0 Å². The van der Waals surface area contributed by atoms with Gasteiger partial charge in [0.05, 0.1) is 6.10 Å². The van der Waals surface area contributed by atoms with E-state index in [2.05, 4.69) is 0 Å². The second-order valence-electron chi connectivity index (χ2n) is 5.34. The first-order valence-corrected chi connectivity index (χ1v) is 7.66. The molecule has 3 N–H and O–H groups in total. The molecule has 3 nitrogen and oxygen atoms in total. The third-order valence-corrected chi connectivity index (χ3v) is 3.78. The van der Waals surface area contributed by atoms with Gasteiger partial charge in [-0.1, -0.05) is 65.2 Å². The van der Waals surface area contributed by atoms with E-state index >= 15 is 0 Å². The van der Waals surface area contributed by atoms with Crippen molar-refractivity contribution in [3.8, 4) is 0 Å². The van der Waals surface area contributed by atoms with Crippen molar-refractivity contribution in [2.24, 2.45) is 0 Å². The molecule has 0 bridgehead atoms. The van der Waals surface area contributed by atoms with Gasteiger partial charge in [-0.2, -0.15) is 0 Å². The summed E-state index contributed by atoms with van der Waals surface area (Å²) in [5.41, 5.74) is 0. The molecule has 0 aromatic carbocycles. The fraction of sp³-hybridized carbons (Fsp3) is 1.00. The molecule has 0 spiro atoms. The normalized spacial score (nSPS) is 14.5. The summed E-state index contributed by atoms with van der Waals surface area (Å²) in [5.74, 6) is 0.0460. The van der Waals surface area contributed by atoms with Crippen LogP contribution < -0.4 is 0 Å². The summed E-state index contributed by atoms with van der Waals surface area (Å²) in [6, 6.07) is 0. The molecule has 0 rings (SSSR count). The molecule has 0 aromatic rings. The fourth-order valence-corrected chi connectivity index (χ4v) is 2.26. The van der Waals surface area contributed by atoms with E-state index in [1.165, 1.54) is 25.7 Å². The Kier molecular flexibility index (Phi) is 12.0. The monoisotopic (exact) mass is 258 g/mol. The lowest BCUT2D eigenvalue weighted by atomic mass is 9.68. The highest BCUT2D eigenvalue weighted by molar-refractivity contribution is 6.43. The van der Waals surface area contributed by atoms with Gasteiger partial charge in [0.25, 0.3) is 0 Å². The second-order valence-corrected chi connectivity index (χ2v) is 5.34. The number of hydrogen-bond acceptors (Lipinski definition) is 3. The molecule has 18 heavy (non-hydrogen) atoms. The van der Waals surface area contributed by atoms with Gasteiger partial charge in [0.15, 0.2) is 0 Å². The Bertz CT molecular complexity index is 176. The molecule has 0 radical (unpaired) electrons. The number of hydrogen-bond donors (Lipinski definition) is 3. The fourth-order valence-electron chi connectivity index (χ4n) is 2.26. The minimum absolute atomic E-state index is 0.0460. The number of unbranched alkanes of at least 4 members (excludes halogenated alkanes) is 5. The van der Waals surface area contributed by atoms with Crippen molar-refractivity contribution < 1.29 is 15.2 Å². The van der Waals surface area contributed by atoms with Crippen LogP contribution in [-0.4, -0.2) is 28.4 Å². The van der Waals surface area contributed by atoms with Crippen molar-refractivity contribution in [2.45, 2.75) is 90.0 Å². The van der Waals surface area contributed by atoms with Gasteiger partial charge < -0.3 is 15.2 Å². The summed E-state index contributed by atoms with van der Waals surface area (Å²) in [7, 11) is -1.15. The average molecular weight is 258 g/mol. The topological polar surface area (TPSA) is 60.7 Å². The first kappa shape index (κ1) is 17.9. The second kappa shape index (κ2) is 12.0. The SMILES string of the molecule is CCC(O)CCCCCCCCC(CC)B(O)O. The van der Waals surface area contributed by atoms with Crippen LogP contribution in [0, 0.1) is 0 Å². The van der Waals surface area contributed by atoms with E-state index in [9.17, 15) is 5.11 Å². The van der Waals surface area contributed by atoms with Crippen molar-refractivity contribution in [1.29, 1.82) is 0 Å². The molecule has 0 saturated heterocycles. The number of rotatable bonds is 12. The van der Waals surface area contributed by atoms with Crippen LogP contribution in [0.4, 0.5) is 0 Å². The summed E-state index contributed by atoms with van der Waals surface area (Å²) < 4.78 is 0. The third kappa shape index (κ3) is 9.92. The third-order valence-electron chi connectivity index (χ3n) is 3.78. The Morgan fingerprint density at radius 3 is 1.72 bits per heavy atom. The average Bonchev–Trinajstić information content (AvgIpc) is 2.36. The highest BCUT2D eigenvalue weighted by Crippen LogP contribution is 2.21. The van der Waals surface area contributed by atoms with Crippen LogP contribution in [0.25, 0.3) is 0 Å². The summed E-state index contributed by atoms with van der Waals surface area (Å²) >= 11 is 0. The van der Waals surface area contributed by atoms with Crippen LogP contribution in [0.15, 0.2) is 0 Å². The van der Waals surface area contributed by atoms with Gasteiger partial charge in [0.2, 0.25) is 0 Å². The number of aliphatic hydroxyl groups excluding tert-OH is 1. The maximum absolute atomic E-state index is 9.39. The van der Waals surface area contributed by atoms with E-state index in [4.69, 9.17) is 10.0 Å². The van der Waals surface area contributed by atoms with E-state index in [-0.39, 0.29) is 11.9 Å². The van der Waals surface area contributed by atoms with Crippen LogP contribution in [0.2, 0.25) is 5.82 Å². The molecule has 4 heteroatoms. The molecule has 0 amide bonds. The molecule has 0 heterocycles. The van der Waals surface area contributed by atoms with Gasteiger partial charge in [-0.25, -0.2) is 0 Å². The van der Waals surface area contributed by atoms with Crippen molar-refractivity contribution in [3.63, 3.8) is 0 Å². The summed E-state index contributed by atoms with van der Waals surface area (Å²) in [5, 5.41) is 27.6. The van der Waals surface area contributed by atoms with E-state index < -0.39 is 7.12 Å². The van der Waals surface area contributed by atoms with Crippen LogP contribution >= 0.6 is 0 Å². The molecule has 0 aliphatic rings. The molecule has 0 saturated carbocycles. The van der Waals surface area contributed by atoms with E-state index in [0.29, 0.717) is 0 Å². The summed E-state index contributed by atoms with van der Waals surface area (Å²) in [6.07, 6.45) is 10.5. The van der Waals surface area contributed by atoms with E-state index in [1.807, 2.05) is 13.8 Å². The molecular weight excluding hydrogens is 227 g/mol. The van der Waals surface area contributed by atoms with Crippen LogP contribution in [-0.2, 0) is 0 Å². The van der Waals surface area contributed by atoms with Crippen LogP contribution in [0.1, 0.15) is 78.1 Å². The Morgan fingerprint density at radius 2 is 1.28 bits per heavy atom. The standard InChI is InChI=1S/C14H31BO3/c1-3-13(15(17)18)11-9-7-5-6-8-10-12-14(16)4-2/h13-14,16-18H,3-12H2,1-2H3. The maximum atomic E-state index is 9.39. The first-order chi connectivity index (χ1) is 8.61. The van der Waals surface area contributed by atoms with Gasteiger partial charge in [-0.3, -0.25) is 0 Å².